The van der Waals surface area contributed by atoms with Gasteiger partial charge in [0.1, 0.15) is 5.75 Å². The number of nitriles is 1. The maximum Gasteiger partial charge on any atom is 0.393 e. The topological polar surface area (TPSA) is 33.0 Å². The highest BCUT2D eigenvalue weighted by atomic mass is 19.4. The van der Waals surface area contributed by atoms with Gasteiger partial charge in [0.15, 0.2) is 0 Å². The maximum atomic E-state index is 12.6. The van der Waals surface area contributed by atoms with Gasteiger partial charge >= 0.3 is 6.18 Å². The van der Waals surface area contributed by atoms with Gasteiger partial charge < -0.3 is 4.74 Å². The second-order valence-electron chi connectivity index (χ2n) is 4.11. The molecule has 90 valence electrons. The second-order valence-corrected chi connectivity index (χ2v) is 4.11. The minimum atomic E-state index is -4.31. The van der Waals surface area contributed by atoms with Crippen LogP contribution in [0.15, 0.2) is 24.3 Å². The summed E-state index contributed by atoms with van der Waals surface area (Å²) in [5, 5.41) is 8.99. The maximum absolute atomic E-state index is 12.6. The van der Waals surface area contributed by atoms with Crippen molar-refractivity contribution in [1.29, 1.82) is 5.26 Å². The molecule has 0 aliphatic heterocycles. The molecule has 2 rings (SSSR count). The highest BCUT2D eigenvalue weighted by Gasteiger charge is 2.68. The van der Waals surface area contributed by atoms with E-state index in [0.29, 0.717) is 11.3 Å². The molecule has 0 saturated heterocycles. The number of benzene rings is 1. The van der Waals surface area contributed by atoms with E-state index < -0.39 is 17.5 Å². The summed E-state index contributed by atoms with van der Waals surface area (Å²) in [6.07, 6.45) is -4.46. The Bertz CT molecular complexity index is 460. The van der Waals surface area contributed by atoms with Crippen LogP contribution >= 0.6 is 0 Å². The highest BCUT2D eigenvalue weighted by molar-refractivity contribution is 5.44. The van der Waals surface area contributed by atoms with E-state index in [2.05, 4.69) is 0 Å². The fraction of sp³-hybridized carbons (Fsp3) is 0.417. The molecule has 0 aromatic heterocycles. The Hall–Kier alpha value is -1.70. The van der Waals surface area contributed by atoms with Crippen LogP contribution < -0.4 is 4.74 Å². The first-order valence-corrected chi connectivity index (χ1v) is 5.06. The molecule has 1 aromatic carbocycles. The van der Waals surface area contributed by atoms with E-state index in [-0.39, 0.29) is 6.42 Å². The normalized spacial score (nSPS) is 27.4. The Labute approximate surface area is 96.6 Å². The summed E-state index contributed by atoms with van der Waals surface area (Å²) >= 11 is 0. The fourth-order valence-electron chi connectivity index (χ4n) is 2.05. The van der Waals surface area contributed by atoms with E-state index in [9.17, 15) is 13.2 Å². The molecule has 1 fully saturated rings. The lowest BCUT2D eigenvalue weighted by atomic mass is 9.94. The van der Waals surface area contributed by atoms with Crippen molar-refractivity contribution >= 4 is 0 Å². The first kappa shape index (κ1) is 11.8. The smallest absolute Gasteiger partial charge is 0.393 e. The lowest BCUT2D eigenvalue weighted by molar-refractivity contribution is -0.150. The second kappa shape index (κ2) is 3.66. The van der Waals surface area contributed by atoms with Crippen LogP contribution in [0.2, 0.25) is 0 Å². The first-order valence-electron chi connectivity index (χ1n) is 5.06. The Morgan fingerprint density at radius 3 is 2.29 bits per heavy atom. The quantitative estimate of drug-likeness (QED) is 0.797. The van der Waals surface area contributed by atoms with Crippen LogP contribution in [0.3, 0.4) is 0 Å². The molecule has 0 N–H and O–H groups in total. The van der Waals surface area contributed by atoms with Gasteiger partial charge in [0, 0.05) is 0 Å². The third-order valence-corrected chi connectivity index (χ3v) is 3.16. The number of hydrogen-bond donors (Lipinski definition) is 0. The number of halogens is 3. The summed E-state index contributed by atoms with van der Waals surface area (Å²) in [5.74, 6) is -0.987. The largest absolute Gasteiger partial charge is 0.497 e. The lowest BCUT2D eigenvalue weighted by Crippen LogP contribution is -2.19. The monoisotopic (exact) mass is 241 g/mol. The molecule has 0 amide bonds. The van der Waals surface area contributed by atoms with Gasteiger partial charge in [0.2, 0.25) is 0 Å². The Balaban J connectivity index is 2.30. The molecule has 1 saturated carbocycles. The van der Waals surface area contributed by atoms with Crippen LogP contribution in [0.5, 0.6) is 5.75 Å². The van der Waals surface area contributed by atoms with E-state index in [4.69, 9.17) is 10.00 Å². The zero-order valence-corrected chi connectivity index (χ0v) is 9.08. The Morgan fingerprint density at radius 1 is 1.35 bits per heavy atom. The lowest BCUT2D eigenvalue weighted by Gasteiger charge is -2.12. The number of nitrogens with zero attached hydrogens (tertiary/aromatic N) is 1. The van der Waals surface area contributed by atoms with E-state index >= 15 is 0 Å². The van der Waals surface area contributed by atoms with Crippen molar-refractivity contribution in [2.24, 2.45) is 5.92 Å². The van der Waals surface area contributed by atoms with E-state index in [0.717, 1.165) is 0 Å². The van der Waals surface area contributed by atoms with Crippen molar-refractivity contribution in [1.82, 2.24) is 0 Å². The number of hydrogen-bond acceptors (Lipinski definition) is 2. The first-order chi connectivity index (χ1) is 7.94. The minimum Gasteiger partial charge on any atom is -0.497 e. The van der Waals surface area contributed by atoms with Gasteiger partial charge in [0.25, 0.3) is 0 Å². The van der Waals surface area contributed by atoms with Crippen LogP contribution in [0.25, 0.3) is 0 Å². The molecule has 17 heavy (non-hydrogen) atoms. The highest BCUT2D eigenvalue weighted by Crippen LogP contribution is 2.60. The molecule has 0 spiro atoms. The van der Waals surface area contributed by atoms with Gasteiger partial charge in [-0.1, -0.05) is 12.1 Å². The zero-order valence-electron chi connectivity index (χ0n) is 9.08. The molecule has 1 aliphatic carbocycles. The van der Waals surface area contributed by atoms with Crippen LogP contribution in [0.4, 0.5) is 13.2 Å². The van der Waals surface area contributed by atoms with Crippen LogP contribution in [-0.4, -0.2) is 13.3 Å². The van der Waals surface area contributed by atoms with E-state index in [1.54, 1.807) is 18.2 Å². The third-order valence-electron chi connectivity index (χ3n) is 3.16. The number of ether oxygens (including phenoxy) is 1. The molecular formula is C12H10F3NO. The van der Waals surface area contributed by atoms with Gasteiger partial charge in [-0.3, -0.25) is 0 Å². The minimum absolute atomic E-state index is 0.153. The van der Waals surface area contributed by atoms with Gasteiger partial charge in [-0.25, -0.2) is 0 Å². The zero-order chi connectivity index (χ0) is 12.7. The summed E-state index contributed by atoms with van der Waals surface area (Å²) in [7, 11) is 1.48. The molecule has 5 heteroatoms. The fourth-order valence-corrected chi connectivity index (χ4v) is 2.05. The average molecular weight is 241 g/mol. The molecule has 0 unspecified atom stereocenters. The Kier molecular flexibility index (Phi) is 2.53. The SMILES string of the molecule is COc1ccc([C@@]2(C#N)C[C@@H]2C(F)(F)F)cc1. The molecule has 2 atom stereocenters. The van der Waals surface area contributed by atoms with E-state index in [1.807, 2.05) is 0 Å². The summed E-state index contributed by atoms with van der Waals surface area (Å²) < 4.78 is 42.7. The summed E-state index contributed by atoms with van der Waals surface area (Å²) in [5.41, 5.74) is -0.993. The van der Waals surface area contributed by atoms with Crippen LogP contribution in [0, 0.1) is 17.2 Å². The van der Waals surface area contributed by atoms with Gasteiger partial charge in [0.05, 0.1) is 24.5 Å². The molecule has 1 aliphatic rings. The predicted molar refractivity (Wildman–Crippen MR) is 54.4 cm³/mol. The van der Waals surface area contributed by atoms with Crippen LogP contribution in [0.1, 0.15) is 12.0 Å². The molecule has 0 heterocycles. The summed E-state index contributed by atoms with van der Waals surface area (Å²) in [4.78, 5) is 0. The van der Waals surface area contributed by atoms with E-state index in [1.165, 1.54) is 19.2 Å². The van der Waals surface area contributed by atoms with Crippen molar-refractivity contribution in [2.75, 3.05) is 7.11 Å². The van der Waals surface area contributed by atoms with Crippen molar-refractivity contribution in [2.45, 2.75) is 18.0 Å². The van der Waals surface area contributed by atoms with Crippen molar-refractivity contribution in [3.8, 4) is 11.8 Å². The summed E-state index contributed by atoms with van der Waals surface area (Å²) in [6.45, 7) is 0. The Morgan fingerprint density at radius 2 is 1.94 bits per heavy atom. The van der Waals surface area contributed by atoms with Crippen LogP contribution in [-0.2, 0) is 5.41 Å². The number of rotatable bonds is 2. The number of alkyl halides is 3. The summed E-state index contributed by atoms with van der Waals surface area (Å²) in [6, 6.07) is 7.98. The number of methoxy groups -OCH3 is 1. The average Bonchev–Trinajstić information content (AvgIpc) is 3.05. The van der Waals surface area contributed by atoms with Crippen molar-refractivity contribution in [3.63, 3.8) is 0 Å². The molecule has 0 radical (unpaired) electrons. The van der Waals surface area contributed by atoms with Crippen molar-refractivity contribution < 1.29 is 17.9 Å². The predicted octanol–water partition coefficient (Wildman–Crippen LogP) is 3.04. The third kappa shape index (κ3) is 1.84. The van der Waals surface area contributed by atoms with Crippen molar-refractivity contribution in [3.05, 3.63) is 29.8 Å². The molecular weight excluding hydrogens is 231 g/mol. The standard InChI is InChI=1S/C12H10F3NO/c1-17-9-4-2-8(3-5-9)11(7-16)6-10(11)12(13,14)15/h2-5,10H,6H2,1H3/t10-,11-/m0/s1. The van der Waals surface area contributed by atoms with Gasteiger partial charge in [-0.2, -0.15) is 18.4 Å². The molecule has 0 bridgehead atoms. The van der Waals surface area contributed by atoms with Gasteiger partial charge in [-0.05, 0) is 24.1 Å². The molecule has 1 aromatic rings. The molecule has 2 nitrogen and oxygen atoms in total. The van der Waals surface area contributed by atoms with Gasteiger partial charge in [-0.15, -0.1) is 0 Å².